The zero-order valence-corrected chi connectivity index (χ0v) is 30.6. The molecular weight excluding hydrogens is 586 g/mol. The van der Waals surface area contributed by atoms with E-state index in [1.807, 2.05) is 27.7 Å². The van der Waals surface area contributed by atoms with Gasteiger partial charge in [-0.2, -0.15) is 0 Å². The Morgan fingerprint density at radius 1 is 0.932 bits per heavy atom. The molecule has 0 aromatic heterocycles. The van der Waals surface area contributed by atoms with Crippen molar-refractivity contribution in [3.63, 3.8) is 0 Å². The van der Waals surface area contributed by atoms with E-state index >= 15 is 0 Å². The van der Waals surface area contributed by atoms with Crippen LogP contribution < -0.4 is 0 Å². The Balaban J connectivity index is 3.46. The van der Waals surface area contributed by atoms with Crippen LogP contribution in [0.3, 0.4) is 0 Å². The van der Waals surface area contributed by atoms with Gasteiger partial charge in [-0.3, -0.25) is 14.4 Å². The number of carboxylic acid groups (broad SMARTS) is 1. The van der Waals surface area contributed by atoms with E-state index in [0.29, 0.717) is 0 Å². The average molecular weight is 646 g/mol. The number of aliphatic hydroxyl groups is 1. The first-order chi connectivity index (χ1) is 19.9. The van der Waals surface area contributed by atoms with Gasteiger partial charge in [-0.1, -0.05) is 62.3 Å². The minimum Gasteiger partial charge on any atom is -0.480 e. The molecule has 0 aromatic rings. The van der Waals surface area contributed by atoms with Crippen LogP contribution in [-0.4, -0.2) is 127 Å². The summed E-state index contributed by atoms with van der Waals surface area (Å²) in [6.45, 7) is 22.3. The lowest BCUT2D eigenvalue weighted by atomic mass is 9.93. The summed E-state index contributed by atoms with van der Waals surface area (Å²) in [4.78, 5) is 58.5. The molecule has 2 N–H and O–H groups in total. The molecule has 1 aliphatic heterocycles. The van der Waals surface area contributed by atoms with Crippen LogP contribution in [0.15, 0.2) is 0 Å². The van der Waals surface area contributed by atoms with Crippen molar-refractivity contribution >= 4 is 32.0 Å². The van der Waals surface area contributed by atoms with Gasteiger partial charge in [0.2, 0.25) is 11.8 Å². The zero-order chi connectivity index (χ0) is 34.7. The van der Waals surface area contributed by atoms with Gasteiger partial charge < -0.3 is 38.8 Å². The van der Waals surface area contributed by atoms with Crippen molar-refractivity contribution in [2.45, 2.75) is 123 Å². The topological polar surface area (TPSA) is 146 Å². The second kappa shape index (κ2) is 15.0. The van der Waals surface area contributed by atoms with Crippen LogP contribution in [0, 0.1) is 17.8 Å². The molecule has 13 heteroatoms. The molecule has 0 bridgehead atoms. The highest BCUT2D eigenvalue weighted by Crippen LogP contribution is 2.39. The molecule has 1 fully saturated rings. The van der Waals surface area contributed by atoms with Crippen LogP contribution >= 0.6 is 0 Å². The summed E-state index contributed by atoms with van der Waals surface area (Å²) in [7, 11) is 2.12. The Morgan fingerprint density at radius 2 is 1.41 bits per heavy atom. The molecule has 1 rings (SSSR count). The van der Waals surface area contributed by atoms with Crippen LogP contribution in [-0.2, 0) is 33.1 Å². The summed E-state index contributed by atoms with van der Waals surface area (Å²) in [6.07, 6.45) is -2.06. The number of ether oxygens (including phenoxy) is 2. The van der Waals surface area contributed by atoms with Crippen LogP contribution in [0.2, 0.25) is 18.1 Å². The zero-order valence-electron chi connectivity index (χ0n) is 29.6. The van der Waals surface area contributed by atoms with Crippen LogP contribution in [0.1, 0.15) is 69.2 Å². The molecule has 44 heavy (non-hydrogen) atoms. The highest BCUT2D eigenvalue weighted by Gasteiger charge is 2.58. The summed E-state index contributed by atoms with van der Waals surface area (Å²) in [5.41, 5.74) is -1.63. The van der Waals surface area contributed by atoms with Crippen LogP contribution in [0.5, 0.6) is 0 Å². The minimum atomic E-state index is -2.33. The SMILES string of the molecule is COCO[C@]1(C)[C@H](O)CN(C(=O)[C@H](C(C)C)N(C)C(=O)[C@H](C(C)C)N(C)C(=O)[C@H](O[Si](C)(C)C(C)(C)C)C(C)C)[C@@H]1C(=O)O. The van der Waals surface area contributed by atoms with Gasteiger partial charge in [0.05, 0.1) is 6.54 Å². The predicted molar refractivity (Wildman–Crippen MR) is 170 cm³/mol. The summed E-state index contributed by atoms with van der Waals surface area (Å²) in [5.74, 6) is -3.63. The van der Waals surface area contributed by atoms with Gasteiger partial charge in [-0.25, -0.2) is 4.79 Å². The number of likely N-dealkylation sites (tertiary alicyclic amines) is 1. The van der Waals surface area contributed by atoms with Gasteiger partial charge in [0, 0.05) is 21.2 Å². The fourth-order valence-electron chi connectivity index (χ4n) is 5.54. The Morgan fingerprint density at radius 3 is 1.80 bits per heavy atom. The molecule has 0 unspecified atom stereocenters. The fraction of sp³-hybridized carbons (Fsp3) is 0.871. The number of carbonyl (C=O) groups excluding carboxylic acids is 3. The number of rotatable bonds is 14. The first-order valence-corrected chi connectivity index (χ1v) is 18.3. The van der Waals surface area contributed by atoms with Gasteiger partial charge in [0.1, 0.15) is 36.7 Å². The number of amides is 3. The van der Waals surface area contributed by atoms with Crippen LogP contribution in [0.4, 0.5) is 0 Å². The Kier molecular flexibility index (Phi) is 13.6. The number of aliphatic hydroxyl groups excluding tert-OH is 1. The maximum Gasteiger partial charge on any atom is 0.329 e. The number of hydrogen-bond acceptors (Lipinski definition) is 8. The molecule has 6 atom stereocenters. The van der Waals surface area contributed by atoms with E-state index in [2.05, 4.69) is 33.9 Å². The summed E-state index contributed by atoms with van der Waals surface area (Å²) in [5, 5.41) is 20.8. The molecule has 1 saturated heterocycles. The third-order valence-electron chi connectivity index (χ3n) is 9.27. The highest BCUT2D eigenvalue weighted by atomic mass is 28.4. The van der Waals surface area contributed by atoms with E-state index in [9.17, 15) is 29.4 Å². The van der Waals surface area contributed by atoms with E-state index in [-0.39, 0.29) is 36.1 Å². The molecule has 3 amide bonds. The monoisotopic (exact) mass is 645 g/mol. The van der Waals surface area contributed by atoms with Crippen molar-refractivity contribution in [1.82, 2.24) is 14.7 Å². The molecule has 1 heterocycles. The average Bonchev–Trinajstić information content (AvgIpc) is 3.14. The van der Waals surface area contributed by atoms with Crippen molar-refractivity contribution in [1.29, 1.82) is 0 Å². The molecule has 0 aliphatic carbocycles. The van der Waals surface area contributed by atoms with Crippen molar-refractivity contribution in [2.24, 2.45) is 17.8 Å². The molecule has 1 aliphatic rings. The maximum atomic E-state index is 14.2. The molecule has 0 radical (unpaired) electrons. The number of hydrogen-bond donors (Lipinski definition) is 2. The molecule has 12 nitrogen and oxygen atoms in total. The third kappa shape index (κ3) is 8.39. The lowest BCUT2D eigenvalue weighted by molar-refractivity contribution is -0.182. The number of carbonyl (C=O) groups is 4. The first kappa shape index (κ1) is 40.0. The molecule has 0 saturated carbocycles. The van der Waals surface area contributed by atoms with E-state index in [4.69, 9.17) is 13.9 Å². The van der Waals surface area contributed by atoms with E-state index in [1.165, 1.54) is 30.9 Å². The van der Waals surface area contributed by atoms with E-state index in [0.717, 1.165) is 4.90 Å². The highest BCUT2D eigenvalue weighted by molar-refractivity contribution is 6.74. The minimum absolute atomic E-state index is 0.126. The first-order valence-electron chi connectivity index (χ1n) is 15.4. The second-order valence-corrected chi connectivity index (χ2v) is 19.6. The molecular formula is C31H59N3O9Si. The lowest BCUT2D eigenvalue weighted by Gasteiger charge is -2.43. The van der Waals surface area contributed by atoms with Crippen molar-refractivity contribution < 1.29 is 43.3 Å². The number of nitrogens with zero attached hydrogens (tertiary/aromatic N) is 3. The number of aliphatic carboxylic acids is 1. The number of carboxylic acids is 1. The lowest BCUT2D eigenvalue weighted by Crippen LogP contribution is -2.61. The number of methoxy groups -OCH3 is 1. The van der Waals surface area contributed by atoms with Crippen molar-refractivity contribution in [3.05, 3.63) is 0 Å². The largest absolute Gasteiger partial charge is 0.480 e. The number of likely N-dealkylation sites (N-methyl/N-ethyl adjacent to an activating group) is 2. The summed E-state index contributed by atoms with van der Waals surface area (Å²) < 4.78 is 17.1. The Bertz CT molecular complexity index is 1030. The van der Waals surface area contributed by atoms with Gasteiger partial charge in [0.15, 0.2) is 14.4 Å². The van der Waals surface area contributed by atoms with Gasteiger partial charge in [0.25, 0.3) is 5.91 Å². The number of β-amino-alcohol motifs (C(OH)–C–C–N with tert-alkyl or cyclic N) is 1. The Hall–Kier alpha value is -2.06. The molecule has 256 valence electrons. The summed E-state index contributed by atoms with van der Waals surface area (Å²) in [6, 6.07) is -3.51. The van der Waals surface area contributed by atoms with Crippen molar-refractivity contribution in [2.75, 3.05) is 34.5 Å². The predicted octanol–water partition coefficient (Wildman–Crippen LogP) is 3.03. The smallest absolute Gasteiger partial charge is 0.329 e. The summed E-state index contributed by atoms with van der Waals surface area (Å²) >= 11 is 0. The van der Waals surface area contributed by atoms with E-state index < -0.39 is 68.0 Å². The third-order valence-corrected chi connectivity index (χ3v) is 13.7. The van der Waals surface area contributed by atoms with Gasteiger partial charge in [-0.05, 0) is 42.8 Å². The fourth-order valence-corrected chi connectivity index (χ4v) is 6.90. The normalized spacial score (nSPS) is 23.2. The van der Waals surface area contributed by atoms with Gasteiger partial charge >= 0.3 is 5.97 Å². The second-order valence-electron chi connectivity index (χ2n) is 14.8. The van der Waals surface area contributed by atoms with Crippen molar-refractivity contribution in [3.8, 4) is 0 Å². The van der Waals surface area contributed by atoms with Gasteiger partial charge in [-0.15, -0.1) is 0 Å². The van der Waals surface area contributed by atoms with E-state index in [1.54, 1.807) is 20.9 Å². The van der Waals surface area contributed by atoms with Crippen LogP contribution in [0.25, 0.3) is 0 Å². The standard InChI is InChI=1S/C31H59N3O9Si/c1-18(2)22(33(12)28(38)24(20(5)6)43-44(14,15)30(7,8)9)26(36)32(11)23(19(3)4)27(37)34-16-21(35)31(10,42-17-41-13)25(34)29(39)40/h18-25,35H,16-17H2,1-15H3,(H,39,40)/t21-,22+,23+,24-,25-,31-/m1/s1. The molecule has 0 spiro atoms. The quantitative estimate of drug-likeness (QED) is 0.215. The Labute approximate surface area is 265 Å². The maximum absolute atomic E-state index is 14.2. The molecule has 0 aromatic carbocycles.